The molecule has 0 saturated carbocycles. The molecule has 0 amide bonds. The molecule has 0 radical (unpaired) electrons. The summed E-state index contributed by atoms with van der Waals surface area (Å²) in [6.07, 6.45) is 2.09. The largest absolute Gasteiger partial charge is 0.127 e. The van der Waals surface area contributed by atoms with Crippen molar-refractivity contribution in [1.29, 1.82) is 0 Å². The van der Waals surface area contributed by atoms with Gasteiger partial charge in [-0.1, -0.05) is 0 Å². The van der Waals surface area contributed by atoms with Gasteiger partial charge in [0.05, 0.1) is 0 Å². The molecular weight excluding hydrogens is 214 g/mol. The fourth-order valence-corrected chi connectivity index (χ4v) is 0.567. The third-order valence-corrected chi connectivity index (χ3v) is 1.69. The van der Waals surface area contributed by atoms with Crippen molar-refractivity contribution in [1.82, 2.24) is 0 Å². The van der Waals surface area contributed by atoms with Crippen molar-refractivity contribution in [3.63, 3.8) is 0 Å². The molecule has 0 aromatic rings. The van der Waals surface area contributed by atoms with Crippen molar-refractivity contribution in [3.05, 3.63) is 0 Å². The first-order valence-corrected chi connectivity index (χ1v) is 5.21. The summed E-state index contributed by atoms with van der Waals surface area (Å²) in [4.78, 5) is 0. The van der Waals surface area contributed by atoms with Crippen molar-refractivity contribution >= 4 is 46.4 Å². The van der Waals surface area contributed by atoms with Gasteiger partial charge in [0.1, 0.15) is 0 Å². The third-order valence-electron chi connectivity index (χ3n) is 0.589. The minimum absolute atomic E-state index is 0.557. The summed E-state index contributed by atoms with van der Waals surface area (Å²) >= 11 is 20.8. The minimum Gasteiger partial charge on any atom is -0.127 e. The molecule has 0 aromatic heterocycles. The molecule has 64 valence electrons. The van der Waals surface area contributed by atoms with E-state index < -0.39 is 0 Å². The highest BCUT2D eigenvalue weighted by Crippen LogP contribution is 1.92. The average Bonchev–Trinajstić information content (AvgIpc) is 2.01. The Morgan fingerprint density at radius 1 is 0.500 bits per heavy atom. The Bertz CT molecular complexity index is 34.7. The molecular formula is C6H12Cl4. The van der Waals surface area contributed by atoms with Crippen LogP contribution >= 0.6 is 46.4 Å². The van der Waals surface area contributed by atoms with Gasteiger partial charge in [-0.15, -0.1) is 46.4 Å². The second-order valence-electron chi connectivity index (χ2n) is 1.46. The molecule has 0 bridgehead atoms. The zero-order chi connectivity index (χ0) is 8.24. The Labute approximate surface area is 82.8 Å². The number of rotatable bonds is 4. The van der Waals surface area contributed by atoms with Crippen LogP contribution in [0.1, 0.15) is 12.8 Å². The minimum atomic E-state index is 0.557. The van der Waals surface area contributed by atoms with Gasteiger partial charge in [0.2, 0.25) is 0 Å². The summed E-state index contributed by atoms with van der Waals surface area (Å²) in [7, 11) is 0. The molecule has 0 aliphatic rings. The van der Waals surface area contributed by atoms with Crippen molar-refractivity contribution in [2.24, 2.45) is 0 Å². The van der Waals surface area contributed by atoms with Gasteiger partial charge in [-0.05, 0) is 12.8 Å². The fraction of sp³-hybridized carbons (Fsp3) is 1.00. The van der Waals surface area contributed by atoms with Crippen LogP contribution in [0.2, 0.25) is 0 Å². The van der Waals surface area contributed by atoms with Gasteiger partial charge in [-0.2, -0.15) is 0 Å². The molecule has 0 fully saturated rings. The zero-order valence-electron chi connectivity index (χ0n) is 5.75. The van der Waals surface area contributed by atoms with Crippen LogP contribution in [0.15, 0.2) is 0 Å². The lowest BCUT2D eigenvalue weighted by molar-refractivity contribution is 0.899. The third kappa shape index (κ3) is 22.9. The molecule has 4 heteroatoms. The summed E-state index contributed by atoms with van der Waals surface area (Å²) in [5.41, 5.74) is 0. The lowest BCUT2D eigenvalue weighted by Crippen LogP contribution is -1.74. The van der Waals surface area contributed by atoms with Gasteiger partial charge >= 0.3 is 0 Å². The maximum Gasteiger partial charge on any atom is 0.0359 e. The molecule has 0 heterocycles. The number of unbranched alkanes of at least 4 members (excludes halogenated alkanes) is 1. The van der Waals surface area contributed by atoms with Crippen molar-refractivity contribution in [2.45, 2.75) is 12.8 Å². The highest BCUT2D eigenvalue weighted by molar-refractivity contribution is 6.25. The van der Waals surface area contributed by atoms with E-state index in [4.69, 9.17) is 46.4 Å². The smallest absolute Gasteiger partial charge is 0.0359 e. The SMILES string of the molecule is ClCCCCCl.ClCCCl. The highest BCUT2D eigenvalue weighted by Gasteiger charge is 1.78. The molecule has 0 rings (SSSR count). The molecule has 10 heavy (non-hydrogen) atoms. The van der Waals surface area contributed by atoms with Gasteiger partial charge in [-0.3, -0.25) is 0 Å². The van der Waals surface area contributed by atoms with E-state index in [2.05, 4.69) is 0 Å². The Balaban J connectivity index is 0. The summed E-state index contributed by atoms with van der Waals surface area (Å²) < 4.78 is 0. The normalized spacial score (nSPS) is 8.40. The number of hydrogen-bond donors (Lipinski definition) is 0. The molecule has 0 nitrogen and oxygen atoms in total. The molecule has 0 aliphatic heterocycles. The summed E-state index contributed by atoms with van der Waals surface area (Å²) in [5, 5.41) is 0. The second kappa shape index (κ2) is 16.6. The Hall–Kier alpha value is 1.16. The molecule has 0 spiro atoms. The zero-order valence-corrected chi connectivity index (χ0v) is 8.78. The van der Waals surface area contributed by atoms with Crippen molar-refractivity contribution < 1.29 is 0 Å². The van der Waals surface area contributed by atoms with E-state index in [-0.39, 0.29) is 0 Å². The monoisotopic (exact) mass is 224 g/mol. The highest BCUT2D eigenvalue weighted by atomic mass is 35.5. The molecule has 0 aromatic carbocycles. The van der Waals surface area contributed by atoms with Crippen LogP contribution < -0.4 is 0 Å². The quantitative estimate of drug-likeness (QED) is 0.506. The molecule has 0 saturated heterocycles. The van der Waals surface area contributed by atoms with Gasteiger partial charge in [-0.25, -0.2) is 0 Å². The van der Waals surface area contributed by atoms with E-state index in [9.17, 15) is 0 Å². The van der Waals surface area contributed by atoms with Crippen LogP contribution in [0, 0.1) is 0 Å². The Morgan fingerprint density at radius 3 is 0.900 bits per heavy atom. The molecule has 0 aliphatic carbocycles. The lowest BCUT2D eigenvalue weighted by atomic mass is 10.4. The van der Waals surface area contributed by atoms with E-state index in [1.54, 1.807) is 0 Å². The second-order valence-corrected chi connectivity index (χ2v) is 2.97. The topological polar surface area (TPSA) is 0 Å². The van der Waals surface area contributed by atoms with Crippen LogP contribution in [0.5, 0.6) is 0 Å². The van der Waals surface area contributed by atoms with Gasteiger partial charge in [0.15, 0.2) is 0 Å². The average molecular weight is 226 g/mol. The molecule has 0 atom stereocenters. The number of halogens is 4. The number of hydrogen-bond acceptors (Lipinski definition) is 0. The molecule has 0 N–H and O–H groups in total. The van der Waals surface area contributed by atoms with Crippen molar-refractivity contribution in [3.8, 4) is 0 Å². The van der Waals surface area contributed by atoms with E-state index >= 15 is 0 Å². The van der Waals surface area contributed by atoms with Crippen molar-refractivity contribution in [2.75, 3.05) is 23.5 Å². The standard InChI is InChI=1S/C4H8Cl2.C2H4Cl2/c5-3-1-2-4-6;3-1-2-4/h1-4H2;1-2H2. The first kappa shape index (κ1) is 13.7. The molecule has 0 unspecified atom stereocenters. The van der Waals surface area contributed by atoms with Crippen LogP contribution in [-0.4, -0.2) is 23.5 Å². The fourth-order valence-electron chi connectivity index (χ4n) is 0.189. The first-order chi connectivity index (χ1) is 4.83. The van der Waals surface area contributed by atoms with E-state index in [0.29, 0.717) is 11.8 Å². The predicted molar refractivity (Wildman–Crippen MR) is 52.1 cm³/mol. The summed E-state index contributed by atoms with van der Waals surface area (Å²) in [6, 6.07) is 0. The lowest BCUT2D eigenvalue weighted by Gasteiger charge is -1.83. The van der Waals surface area contributed by atoms with E-state index in [1.165, 1.54) is 0 Å². The first-order valence-electron chi connectivity index (χ1n) is 3.07. The van der Waals surface area contributed by atoms with Gasteiger partial charge in [0.25, 0.3) is 0 Å². The Kier molecular flexibility index (Phi) is 22.8. The van der Waals surface area contributed by atoms with Crippen LogP contribution in [0.3, 0.4) is 0 Å². The van der Waals surface area contributed by atoms with E-state index in [0.717, 1.165) is 24.6 Å². The maximum atomic E-state index is 5.32. The maximum absolute atomic E-state index is 5.32. The van der Waals surface area contributed by atoms with Crippen LogP contribution in [0.25, 0.3) is 0 Å². The predicted octanol–water partition coefficient (Wildman–Crippen LogP) is 3.71. The van der Waals surface area contributed by atoms with Gasteiger partial charge in [0, 0.05) is 23.5 Å². The summed E-state index contributed by atoms with van der Waals surface area (Å²) in [5.74, 6) is 2.60. The van der Waals surface area contributed by atoms with Gasteiger partial charge < -0.3 is 0 Å². The Morgan fingerprint density at radius 2 is 0.800 bits per heavy atom. The van der Waals surface area contributed by atoms with E-state index in [1.807, 2.05) is 0 Å². The van der Waals surface area contributed by atoms with Crippen LogP contribution in [0.4, 0.5) is 0 Å². The summed E-state index contributed by atoms with van der Waals surface area (Å²) in [6.45, 7) is 0. The number of alkyl halides is 4. The van der Waals surface area contributed by atoms with Crippen LogP contribution in [-0.2, 0) is 0 Å².